The minimum atomic E-state index is -0.669. The molecule has 3 rings (SSSR count). The average Bonchev–Trinajstić information content (AvgIpc) is 3.25. The summed E-state index contributed by atoms with van der Waals surface area (Å²) >= 11 is 0. The van der Waals surface area contributed by atoms with Crippen LogP contribution in [-0.2, 0) is 11.3 Å². The normalized spacial score (nSPS) is 14.9. The Morgan fingerprint density at radius 1 is 1.06 bits per heavy atom. The number of ether oxygens (including phenoxy) is 2. The van der Waals surface area contributed by atoms with Crippen molar-refractivity contribution in [2.45, 2.75) is 58.9 Å². The number of pyridine rings is 1. The topological polar surface area (TPSA) is 74.6 Å². The second-order valence-corrected chi connectivity index (χ2v) is 8.14. The monoisotopic (exact) mass is 425 g/mol. The Labute approximate surface area is 183 Å². The molecule has 0 unspecified atom stereocenters. The minimum Gasteiger partial charge on any atom is -0.488 e. The molecule has 1 saturated carbocycles. The first-order valence-electron chi connectivity index (χ1n) is 11.1. The van der Waals surface area contributed by atoms with Gasteiger partial charge in [0.05, 0.1) is 24.8 Å². The van der Waals surface area contributed by atoms with Crippen LogP contribution in [0.25, 0.3) is 0 Å². The Bertz CT molecular complexity index is 958. The maximum Gasteiger partial charge on any atom is 0.343 e. The third kappa shape index (κ3) is 5.24. The smallest absolute Gasteiger partial charge is 0.343 e. The standard InChI is InChI=1S/C25H31NO5/c1-3-5-15-31-21-17-26(16-20(22(21)27)24(29)30-4-2)18-25(13-9-10-14-25)23(28)19-11-7-6-8-12-19/h6-8,11-12,16-17H,3-5,9-10,13-15,18H2,1-2H3. The van der Waals surface area contributed by atoms with Gasteiger partial charge in [-0.05, 0) is 26.2 Å². The van der Waals surface area contributed by atoms with E-state index >= 15 is 0 Å². The average molecular weight is 426 g/mol. The molecule has 1 aliphatic rings. The molecule has 0 bridgehead atoms. The van der Waals surface area contributed by atoms with Crippen LogP contribution in [0.2, 0.25) is 0 Å². The Kier molecular flexibility index (Phi) is 7.66. The number of carbonyl (C=O) groups is 2. The molecule has 1 aromatic carbocycles. The van der Waals surface area contributed by atoms with Crippen molar-refractivity contribution in [3.8, 4) is 5.75 Å². The number of hydrogen-bond acceptors (Lipinski definition) is 5. The molecule has 1 aliphatic carbocycles. The maximum atomic E-state index is 13.5. The fourth-order valence-corrected chi connectivity index (χ4v) is 4.23. The zero-order valence-electron chi connectivity index (χ0n) is 18.4. The highest BCUT2D eigenvalue weighted by atomic mass is 16.5. The van der Waals surface area contributed by atoms with Crippen molar-refractivity contribution in [1.29, 1.82) is 0 Å². The second-order valence-electron chi connectivity index (χ2n) is 8.14. The summed E-state index contributed by atoms with van der Waals surface area (Å²) in [4.78, 5) is 38.7. The molecule has 0 atom stereocenters. The number of aromatic nitrogens is 1. The van der Waals surface area contributed by atoms with Crippen molar-refractivity contribution in [2.75, 3.05) is 13.2 Å². The van der Waals surface area contributed by atoms with Gasteiger partial charge in [-0.15, -0.1) is 0 Å². The molecule has 1 fully saturated rings. The van der Waals surface area contributed by atoms with Crippen LogP contribution in [0, 0.1) is 5.41 Å². The lowest BCUT2D eigenvalue weighted by atomic mass is 9.78. The molecule has 6 heteroatoms. The number of esters is 1. The van der Waals surface area contributed by atoms with E-state index in [-0.39, 0.29) is 23.7 Å². The quantitative estimate of drug-likeness (QED) is 0.315. The van der Waals surface area contributed by atoms with Crippen molar-refractivity contribution in [2.24, 2.45) is 5.41 Å². The van der Waals surface area contributed by atoms with Gasteiger partial charge in [-0.3, -0.25) is 9.59 Å². The predicted octanol–water partition coefficient (Wildman–Crippen LogP) is 4.65. The fraction of sp³-hybridized carbons (Fsp3) is 0.480. The Morgan fingerprint density at radius 2 is 1.77 bits per heavy atom. The highest BCUT2D eigenvalue weighted by molar-refractivity contribution is 6.00. The SMILES string of the molecule is CCCCOc1cn(CC2(C(=O)c3ccccc3)CCCC2)cc(C(=O)OCC)c1=O. The zero-order valence-corrected chi connectivity index (χ0v) is 18.4. The first-order valence-corrected chi connectivity index (χ1v) is 11.1. The van der Waals surface area contributed by atoms with Gasteiger partial charge in [-0.25, -0.2) is 4.79 Å². The van der Waals surface area contributed by atoms with E-state index in [0.717, 1.165) is 38.5 Å². The number of Topliss-reactive ketones (excluding diaryl/α,β-unsaturated/α-hetero) is 1. The third-order valence-corrected chi connectivity index (χ3v) is 5.86. The van der Waals surface area contributed by atoms with Crippen molar-refractivity contribution in [3.05, 3.63) is 64.1 Å². The number of carbonyl (C=O) groups excluding carboxylic acids is 2. The lowest BCUT2D eigenvalue weighted by Gasteiger charge is -2.29. The number of ketones is 1. The number of nitrogens with zero attached hydrogens (tertiary/aromatic N) is 1. The van der Waals surface area contributed by atoms with Gasteiger partial charge in [-0.1, -0.05) is 56.5 Å². The molecule has 0 saturated heterocycles. The first-order chi connectivity index (χ1) is 15.0. The van der Waals surface area contributed by atoms with Gasteiger partial charge in [0.2, 0.25) is 5.43 Å². The van der Waals surface area contributed by atoms with E-state index < -0.39 is 16.8 Å². The van der Waals surface area contributed by atoms with E-state index in [9.17, 15) is 14.4 Å². The fourth-order valence-electron chi connectivity index (χ4n) is 4.23. The summed E-state index contributed by atoms with van der Waals surface area (Å²) in [6.07, 6.45) is 8.36. The lowest BCUT2D eigenvalue weighted by molar-refractivity contribution is 0.0522. The molecular formula is C25H31NO5. The molecule has 1 aromatic heterocycles. The number of hydrogen-bond donors (Lipinski definition) is 0. The Hall–Kier alpha value is -2.89. The van der Waals surface area contributed by atoms with Crippen molar-refractivity contribution < 1.29 is 19.1 Å². The van der Waals surface area contributed by atoms with E-state index in [2.05, 4.69) is 0 Å². The number of unbranched alkanes of at least 4 members (excludes halogenated alkanes) is 1. The Morgan fingerprint density at radius 3 is 2.42 bits per heavy atom. The molecule has 0 spiro atoms. The number of benzene rings is 1. The molecule has 0 radical (unpaired) electrons. The van der Waals surface area contributed by atoms with Crippen molar-refractivity contribution >= 4 is 11.8 Å². The van der Waals surface area contributed by atoms with Crippen LogP contribution in [-0.4, -0.2) is 29.5 Å². The summed E-state index contributed by atoms with van der Waals surface area (Å²) in [5, 5.41) is 0. The van der Waals surface area contributed by atoms with Crippen LogP contribution in [0.5, 0.6) is 5.75 Å². The van der Waals surface area contributed by atoms with Crippen LogP contribution < -0.4 is 10.2 Å². The number of rotatable bonds is 10. The first kappa shape index (κ1) is 22.8. The second kappa shape index (κ2) is 10.4. The van der Waals surface area contributed by atoms with Gasteiger partial charge >= 0.3 is 5.97 Å². The van der Waals surface area contributed by atoms with Gasteiger partial charge in [0.1, 0.15) is 5.56 Å². The summed E-state index contributed by atoms with van der Waals surface area (Å²) in [6, 6.07) is 9.32. The highest BCUT2D eigenvalue weighted by Crippen LogP contribution is 2.42. The van der Waals surface area contributed by atoms with Gasteiger partial charge in [0, 0.05) is 18.3 Å². The van der Waals surface area contributed by atoms with Gasteiger partial charge in [-0.2, -0.15) is 0 Å². The summed E-state index contributed by atoms with van der Waals surface area (Å²) in [6.45, 7) is 4.69. The molecule has 2 aromatic rings. The van der Waals surface area contributed by atoms with Crippen LogP contribution in [0.15, 0.2) is 47.5 Å². The van der Waals surface area contributed by atoms with Crippen LogP contribution in [0.4, 0.5) is 0 Å². The molecular weight excluding hydrogens is 394 g/mol. The third-order valence-electron chi connectivity index (χ3n) is 5.86. The molecule has 0 N–H and O–H groups in total. The molecule has 31 heavy (non-hydrogen) atoms. The predicted molar refractivity (Wildman–Crippen MR) is 119 cm³/mol. The molecule has 0 amide bonds. The van der Waals surface area contributed by atoms with Crippen LogP contribution in [0.3, 0.4) is 0 Å². The van der Waals surface area contributed by atoms with E-state index in [1.54, 1.807) is 17.7 Å². The summed E-state index contributed by atoms with van der Waals surface area (Å²) < 4.78 is 12.5. The van der Waals surface area contributed by atoms with Gasteiger partial charge < -0.3 is 14.0 Å². The highest BCUT2D eigenvalue weighted by Gasteiger charge is 2.41. The summed E-state index contributed by atoms with van der Waals surface area (Å²) in [5.41, 5.74) is -0.407. The molecule has 166 valence electrons. The van der Waals surface area contributed by atoms with Gasteiger partial charge in [0.25, 0.3) is 0 Å². The lowest BCUT2D eigenvalue weighted by Crippen LogP contribution is -2.34. The largest absolute Gasteiger partial charge is 0.488 e. The Balaban J connectivity index is 1.98. The van der Waals surface area contributed by atoms with Crippen LogP contribution >= 0.6 is 0 Å². The molecule has 0 aliphatic heterocycles. The van der Waals surface area contributed by atoms with E-state index in [4.69, 9.17) is 9.47 Å². The maximum absolute atomic E-state index is 13.5. The zero-order chi connectivity index (χ0) is 22.3. The van der Waals surface area contributed by atoms with E-state index in [0.29, 0.717) is 18.7 Å². The summed E-state index contributed by atoms with van der Waals surface area (Å²) in [7, 11) is 0. The van der Waals surface area contributed by atoms with Crippen molar-refractivity contribution in [3.63, 3.8) is 0 Å². The molecule has 1 heterocycles. The van der Waals surface area contributed by atoms with Crippen molar-refractivity contribution in [1.82, 2.24) is 4.57 Å². The van der Waals surface area contributed by atoms with Gasteiger partial charge in [0.15, 0.2) is 11.5 Å². The molecule has 6 nitrogen and oxygen atoms in total. The van der Waals surface area contributed by atoms with E-state index in [1.165, 1.54) is 6.20 Å². The summed E-state index contributed by atoms with van der Waals surface area (Å²) in [5.74, 6) is -0.438. The van der Waals surface area contributed by atoms with E-state index in [1.807, 2.05) is 37.3 Å². The van der Waals surface area contributed by atoms with Crippen LogP contribution in [0.1, 0.15) is 73.1 Å². The minimum absolute atomic E-state index is 0.0591.